The predicted molar refractivity (Wildman–Crippen MR) is 26.4 cm³/mol. The summed E-state index contributed by atoms with van der Waals surface area (Å²) >= 11 is 0. The van der Waals surface area contributed by atoms with Crippen molar-refractivity contribution in [2.24, 2.45) is 0 Å². The van der Waals surface area contributed by atoms with Crippen LogP contribution in [0.15, 0.2) is 0 Å². The summed E-state index contributed by atoms with van der Waals surface area (Å²) in [4.78, 5) is 0. The topological polar surface area (TPSA) is 66.4 Å². The van der Waals surface area contributed by atoms with Crippen molar-refractivity contribution >= 4 is 10.1 Å². The first-order valence-electron chi connectivity index (χ1n) is 1.99. The van der Waals surface area contributed by atoms with E-state index in [1.54, 1.807) is 0 Å². The van der Waals surface area contributed by atoms with Crippen molar-refractivity contribution in [2.75, 3.05) is 19.5 Å². The van der Waals surface area contributed by atoms with Gasteiger partial charge in [0.25, 0.3) is 0 Å². The SMILES string of the molecule is COCCS(=O)(=O)[O-].[Na+]. The minimum atomic E-state index is -4.06. The van der Waals surface area contributed by atoms with Crippen LogP contribution < -0.4 is 29.6 Å². The quantitative estimate of drug-likeness (QED) is 0.315. The number of hydrogen-bond acceptors (Lipinski definition) is 4. The van der Waals surface area contributed by atoms with Gasteiger partial charge in [-0.05, 0) is 0 Å². The van der Waals surface area contributed by atoms with Gasteiger partial charge in [0.1, 0.15) is 0 Å². The van der Waals surface area contributed by atoms with E-state index in [4.69, 9.17) is 0 Å². The second-order valence-corrected chi connectivity index (χ2v) is 2.78. The van der Waals surface area contributed by atoms with Gasteiger partial charge < -0.3 is 9.29 Å². The Morgan fingerprint density at radius 1 is 1.56 bits per heavy atom. The molecule has 0 fully saturated rings. The van der Waals surface area contributed by atoms with Crippen molar-refractivity contribution in [3.05, 3.63) is 0 Å². The number of methoxy groups -OCH3 is 1. The van der Waals surface area contributed by atoms with Crippen LogP contribution in [-0.4, -0.2) is 32.4 Å². The maximum atomic E-state index is 9.75. The third-order valence-corrected chi connectivity index (χ3v) is 1.20. The molecule has 0 aliphatic carbocycles. The molecule has 0 aromatic rings. The predicted octanol–water partition coefficient (Wildman–Crippen LogP) is -3.82. The summed E-state index contributed by atoms with van der Waals surface area (Å²) in [5, 5.41) is 0. The molecule has 0 unspecified atom stereocenters. The minimum Gasteiger partial charge on any atom is -0.748 e. The second-order valence-electron chi connectivity index (χ2n) is 1.25. The molecule has 0 aromatic carbocycles. The van der Waals surface area contributed by atoms with E-state index < -0.39 is 15.9 Å². The van der Waals surface area contributed by atoms with Gasteiger partial charge in [-0.3, -0.25) is 0 Å². The fraction of sp³-hybridized carbons (Fsp3) is 1.00. The van der Waals surface area contributed by atoms with Gasteiger partial charge in [0.2, 0.25) is 0 Å². The van der Waals surface area contributed by atoms with E-state index in [2.05, 4.69) is 4.74 Å². The molecule has 0 atom stereocenters. The van der Waals surface area contributed by atoms with Crippen LogP contribution in [0.3, 0.4) is 0 Å². The van der Waals surface area contributed by atoms with E-state index in [-0.39, 0.29) is 36.2 Å². The van der Waals surface area contributed by atoms with Crippen LogP contribution in [0, 0.1) is 0 Å². The fourth-order valence-corrected chi connectivity index (χ4v) is 0.556. The third kappa shape index (κ3) is 12.1. The number of rotatable bonds is 3. The standard InChI is InChI=1S/C3H8O4S.Na/c1-7-2-3-8(4,5)6;/h2-3H2,1H3,(H,4,5,6);/q;+1/p-1. The average molecular weight is 162 g/mol. The van der Waals surface area contributed by atoms with E-state index in [9.17, 15) is 13.0 Å². The van der Waals surface area contributed by atoms with Crippen LogP contribution >= 0.6 is 0 Å². The van der Waals surface area contributed by atoms with E-state index in [0.29, 0.717) is 0 Å². The van der Waals surface area contributed by atoms with Crippen molar-refractivity contribution in [3.8, 4) is 0 Å². The van der Waals surface area contributed by atoms with Crippen molar-refractivity contribution in [3.63, 3.8) is 0 Å². The van der Waals surface area contributed by atoms with Gasteiger partial charge in [-0.1, -0.05) is 0 Å². The second kappa shape index (κ2) is 5.64. The van der Waals surface area contributed by atoms with Gasteiger partial charge in [0.15, 0.2) is 0 Å². The van der Waals surface area contributed by atoms with E-state index in [1.807, 2.05) is 0 Å². The molecule has 50 valence electrons. The molecular formula is C3H7NaO4S. The zero-order valence-electron chi connectivity index (χ0n) is 5.46. The van der Waals surface area contributed by atoms with Crippen molar-refractivity contribution in [2.45, 2.75) is 0 Å². The molecule has 0 aliphatic heterocycles. The monoisotopic (exact) mass is 162 g/mol. The van der Waals surface area contributed by atoms with Crippen molar-refractivity contribution in [1.82, 2.24) is 0 Å². The third-order valence-electron chi connectivity index (χ3n) is 0.537. The van der Waals surface area contributed by atoms with E-state index >= 15 is 0 Å². The fourth-order valence-electron chi connectivity index (χ4n) is 0.185. The summed E-state index contributed by atoms with van der Waals surface area (Å²) in [6, 6.07) is 0. The number of ether oxygens (including phenoxy) is 1. The maximum absolute atomic E-state index is 9.75. The normalized spacial score (nSPS) is 10.4. The van der Waals surface area contributed by atoms with Crippen molar-refractivity contribution < 1.29 is 47.3 Å². The Morgan fingerprint density at radius 3 is 2.11 bits per heavy atom. The number of hydrogen-bond donors (Lipinski definition) is 0. The molecule has 0 aliphatic rings. The summed E-state index contributed by atoms with van der Waals surface area (Å²) < 4.78 is 33.6. The van der Waals surface area contributed by atoms with Crippen LogP contribution in [0.4, 0.5) is 0 Å². The van der Waals surface area contributed by atoms with E-state index in [1.165, 1.54) is 7.11 Å². The summed E-state index contributed by atoms with van der Waals surface area (Å²) in [6.07, 6.45) is 0. The molecule has 0 amide bonds. The molecule has 0 aromatic heterocycles. The first kappa shape index (κ1) is 12.5. The summed E-state index contributed by atoms with van der Waals surface area (Å²) in [7, 11) is -2.72. The van der Waals surface area contributed by atoms with Gasteiger partial charge in [0, 0.05) is 7.11 Å². The molecule has 0 bridgehead atoms. The maximum Gasteiger partial charge on any atom is 1.00 e. The van der Waals surface area contributed by atoms with Gasteiger partial charge in [-0.15, -0.1) is 0 Å². The Labute approximate surface area is 76.6 Å². The van der Waals surface area contributed by atoms with Gasteiger partial charge in [-0.2, -0.15) is 0 Å². The summed E-state index contributed by atoms with van der Waals surface area (Å²) in [5.41, 5.74) is 0. The molecule has 0 saturated carbocycles. The molecule has 0 radical (unpaired) electrons. The molecule has 0 saturated heterocycles. The molecule has 0 rings (SSSR count). The first-order chi connectivity index (χ1) is 3.56. The smallest absolute Gasteiger partial charge is 0.748 e. The van der Waals surface area contributed by atoms with Crippen LogP contribution in [-0.2, 0) is 14.9 Å². The molecular weight excluding hydrogens is 155 g/mol. The molecule has 9 heavy (non-hydrogen) atoms. The van der Waals surface area contributed by atoms with Gasteiger partial charge in [0.05, 0.1) is 22.5 Å². The summed E-state index contributed by atoms with van der Waals surface area (Å²) in [5.74, 6) is -0.441. The Balaban J connectivity index is 0. The molecule has 0 N–H and O–H groups in total. The first-order valence-corrected chi connectivity index (χ1v) is 3.56. The molecule has 4 nitrogen and oxygen atoms in total. The molecule has 0 spiro atoms. The molecule has 6 heteroatoms. The Bertz CT molecular complexity index is 140. The largest absolute Gasteiger partial charge is 1.00 e. The summed E-state index contributed by atoms with van der Waals surface area (Å²) in [6.45, 7) is -0.0220. The van der Waals surface area contributed by atoms with Crippen LogP contribution in [0.2, 0.25) is 0 Å². The van der Waals surface area contributed by atoms with Crippen LogP contribution in [0.5, 0.6) is 0 Å². The van der Waals surface area contributed by atoms with Crippen LogP contribution in [0.25, 0.3) is 0 Å². The van der Waals surface area contributed by atoms with Gasteiger partial charge in [-0.25, -0.2) is 8.42 Å². The molecule has 0 heterocycles. The zero-order valence-corrected chi connectivity index (χ0v) is 8.27. The Kier molecular flexibility index (Phi) is 7.86. The van der Waals surface area contributed by atoms with Crippen LogP contribution in [0.1, 0.15) is 0 Å². The van der Waals surface area contributed by atoms with Crippen molar-refractivity contribution in [1.29, 1.82) is 0 Å². The average Bonchev–Trinajstić information content (AvgIpc) is 1.59. The van der Waals surface area contributed by atoms with Gasteiger partial charge >= 0.3 is 29.6 Å². The van der Waals surface area contributed by atoms with E-state index in [0.717, 1.165) is 0 Å². The Morgan fingerprint density at radius 2 is 2.00 bits per heavy atom. The minimum absolute atomic E-state index is 0. The zero-order chi connectivity index (χ0) is 6.62. The Hall–Kier alpha value is 0.870.